The van der Waals surface area contributed by atoms with Crippen molar-refractivity contribution >= 4 is 6.09 Å². The van der Waals surface area contributed by atoms with Crippen molar-refractivity contribution in [1.82, 2.24) is 4.57 Å². The van der Waals surface area contributed by atoms with Crippen LogP contribution in [0, 0.1) is 0 Å². The highest BCUT2D eigenvalue weighted by Gasteiger charge is 2.10. The maximum Gasteiger partial charge on any atom is 0.418 e. The maximum atomic E-state index is 11.8. The minimum Gasteiger partial charge on any atom is -0.446 e. The van der Waals surface area contributed by atoms with Gasteiger partial charge in [0.05, 0.1) is 0 Å². The standard InChI is InChI=1S/C15H15NO3/c1-12(11-13-5-3-2-4-6-13)19-15(18)16-9-7-14(17)8-10-16/h2-10,12H,11H2,1H3. The molecule has 98 valence electrons. The third-order valence-electron chi connectivity index (χ3n) is 2.68. The van der Waals surface area contributed by atoms with Crippen LogP contribution >= 0.6 is 0 Å². The molecule has 4 heteroatoms. The van der Waals surface area contributed by atoms with Gasteiger partial charge in [-0.1, -0.05) is 30.3 Å². The molecule has 0 amide bonds. The highest BCUT2D eigenvalue weighted by molar-refractivity contribution is 5.70. The van der Waals surface area contributed by atoms with Crippen LogP contribution in [0.4, 0.5) is 4.79 Å². The predicted molar refractivity (Wildman–Crippen MR) is 72.2 cm³/mol. The molecule has 1 atom stereocenters. The molecule has 4 nitrogen and oxygen atoms in total. The summed E-state index contributed by atoms with van der Waals surface area (Å²) < 4.78 is 6.56. The smallest absolute Gasteiger partial charge is 0.418 e. The predicted octanol–water partition coefficient (Wildman–Crippen LogP) is 2.46. The normalized spacial score (nSPS) is 11.8. The largest absolute Gasteiger partial charge is 0.446 e. The molecule has 0 aliphatic heterocycles. The van der Waals surface area contributed by atoms with Crippen molar-refractivity contribution in [2.45, 2.75) is 19.4 Å². The molecular formula is C15H15NO3. The molecule has 2 rings (SSSR count). The minimum atomic E-state index is -0.483. The Labute approximate surface area is 111 Å². The molecular weight excluding hydrogens is 242 g/mol. The molecule has 0 saturated carbocycles. The molecule has 2 aromatic rings. The van der Waals surface area contributed by atoms with Gasteiger partial charge < -0.3 is 4.74 Å². The minimum absolute atomic E-state index is 0.138. The van der Waals surface area contributed by atoms with Crippen molar-refractivity contribution in [2.24, 2.45) is 0 Å². The molecule has 1 heterocycles. The Morgan fingerprint density at radius 3 is 2.42 bits per heavy atom. The molecule has 0 saturated heterocycles. The molecule has 0 N–H and O–H groups in total. The topological polar surface area (TPSA) is 48.3 Å². The van der Waals surface area contributed by atoms with Gasteiger partial charge in [0, 0.05) is 30.9 Å². The molecule has 19 heavy (non-hydrogen) atoms. The van der Waals surface area contributed by atoms with Crippen molar-refractivity contribution < 1.29 is 9.53 Å². The van der Waals surface area contributed by atoms with Gasteiger partial charge in [-0.15, -0.1) is 0 Å². The monoisotopic (exact) mass is 257 g/mol. The van der Waals surface area contributed by atoms with Crippen molar-refractivity contribution in [3.8, 4) is 0 Å². The number of carbonyl (C=O) groups excluding carboxylic acids is 1. The Bertz CT molecular complexity index is 584. The Morgan fingerprint density at radius 1 is 1.16 bits per heavy atom. The maximum absolute atomic E-state index is 11.8. The lowest BCUT2D eigenvalue weighted by Gasteiger charge is -2.14. The van der Waals surface area contributed by atoms with Crippen LogP contribution in [0.3, 0.4) is 0 Å². The number of aromatic nitrogens is 1. The van der Waals surface area contributed by atoms with Gasteiger partial charge in [-0.3, -0.25) is 9.36 Å². The number of nitrogens with zero attached hydrogens (tertiary/aromatic N) is 1. The van der Waals surface area contributed by atoms with Gasteiger partial charge in [0.25, 0.3) is 0 Å². The van der Waals surface area contributed by atoms with Crippen LogP contribution in [0.15, 0.2) is 59.7 Å². The van der Waals surface area contributed by atoms with E-state index < -0.39 is 6.09 Å². The second kappa shape index (κ2) is 6.00. The zero-order valence-corrected chi connectivity index (χ0v) is 10.7. The van der Waals surface area contributed by atoms with E-state index in [1.54, 1.807) is 0 Å². The summed E-state index contributed by atoms with van der Waals surface area (Å²) in [6, 6.07) is 12.5. The SMILES string of the molecule is CC(Cc1ccccc1)OC(=O)n1ccc(=O)cc1. The number of benzene rings is 1. The van der Waals surface area contributed by atoms with Gasteiger partial charge in [0.15, 0.2) is 5.43 Å². The van der Waals surface area contributed by atoms with Gasteiger partial charge in [-0.25, -0.2) is 4.79 Å². The van der Waals surface area contributed by atoms with Crippen LogP contribution in [0.1, 0.15) is 12.5 Å². The van der Waals surface area contributed by atoms with Crippen molar-refractivity contribution in [3.05, 3.63) is 70.6 Å². The highest BCUT2D eigenvalue weighted by atomic mass is 16.6. The first kappa shape index (κ1) is 13.1. The van der Waals surface area contributed by atoms with E-state index in [4.69, 9.17) is 4.74 Å². The first-order chi connectivity index (χ1) is 9.15. The number of hydrogen-bond donors (Lipinski definition) is 0. The third-order valence-corrected chi connectivity index (χ3v) is 2.68. The summed E-state index contributed by atoms with van der Waals surface area (Å²) in [5.74, 6) is 0. The van der Waals surface area contributed by atoms with E-state index in [0.29, 0.717) is 6.42 Å². The quantitative estimate of drug-likeness (QED) is 0.848. The van der Waals surface area contributed by atoms with Crippen LogP contribution in [-0.4, -0.2) is 16.8 Å². The molecule has 1 aromatic carbocycles. The third kappa shape index (κ3) is 3.81. The van der Waals surface area contributed by atoms with Gasteiger partial charge in [0.1, 0.15) is 6.10 Å². The van der Waals surface area contributed by atoms with Gasteiger partial charge >= 0.3 is 6.09 Å². The van der Waals surface area contributed by atoms with E-state index in [-0.39, 0.29) is 11.5 Å². The first-order valence-electron chi connectivity index (χ1n) is 6.08. The highest BCUT2D eigenvalue weighted by Crippen LogP contribution is 2.06. The van der Waals surface area contributed by atoms with Crippen LogP contribution in [0.25, 0.3) is 0 Å². The zero-order valence-electron chi connectivity index (χ0n) is 10.7. The van der Waals surface area contributed by atoms with E-state index in [9.17, 15) is 9.59 Å². The van der Waals surface area contributed by atoms with Gasteiger partial charge in [0.2, 0.25) is 0 Å². The summed E-state index contributed by atoms with van der Waals surface area (Å²) in [6.07, 6.45) is 2.75. The number of ether oxygens (including phenoxy) is 1. The molecule has 0 bridgehead atoms. The Hall–Kier alpha value is -2.36. The van der Waals surface area contributed by atoms with Crippen LogP contribution in [-0.2, 0) is 11.2 Å². The second-order valence-electron chi connectivity index (χ2n) is 4.33. The van der Waals surface area contributed by atoms with Crippen molar-refractivity contribution in [1.29, 1.82) is 0 Å². The summed E-state index contributed by atoms with van der Waals surface area (Å²) >= 11 is 0. The summed E-state index contributed by atoms with van der Waals surface area (Å²) in [5.41, 5.74) is 0.976. The molecule has 0 aliphatic carbocycles. The summed E-state index contributed by atoms with van der Waals surface area (Å²) in [7, 11) is 0. The van der Waals surface area contributed by atoms with E-state index >= 15 is 0 Å². The average molecular weight is 257 g/mol. The fraction of sp³-hybridized carbons (Fsp3) is 0.200. The average Bonchev–Trinajstić information content (AvgIpc) is 2.40. The Morgan fingerprint density at radius 2 is 1.79 bits per heavy atom. The van der Waals surface area contributed by atoms with E-state index in [2.05, 4.69) is 0 Å². The van der Waals surface area contributed by atoms with E-state index in [1.165, 1.54) is 29.1 Å². The lowest BCUT2D eigenvalue weighted by Crippen LogP contribution is -2.22. The Kier molecular flexibility index (Phi) is 4.13. The van der Waals surface area contributed by atoms with E-state index in [0.717, 1.165) is 5.56 Å². The van der Waals surface area contributed by atoms with Crippen LogP contribution < -0.4 is 5.43 Å². The van der Waals surface area contributed by atoms with Crippen LogP contribution in [0.5, 0.6) is 0 Å². The number of hydrogen-bond acceptors (Lipinski definition) is 3. The second-order valence-corrected chi connectivity index (χ2v) is 4.33. The summed E-state index contributed by atoms with van der Waals surface area (Å²) in [4.78, 5) is 22.7. The number of carbonyl (C=O) groups is 1. The fourth-order valence-electron chi connectivity index (χ4n) is 1.76. The van der Waals surface area contributed by atoms with Crippen molar-refractivity contribution in [3.63, 3.8) is 0 Å². The number of rotatable bonds is 3. The van der Waals surface area contributed by atoms with E-state index in [1.807, 2.05) is 37.3 Å². The molecule has 1 aromatic heterocycles. The Balaban J connectivity index is 1.95. The molecule has 0 spiro atoms. The lowest BCUT2D eigenvalue weighted by molar-refractivity contribution is 0.108. The fourth-order valence-corrected chi connectivity index (χ4v) is 1.76. The molecule has 0 radical (unpaired) electrons. The van der Waals surface area contributed by atoms with Gasteiger partial charge in [-0.05, 0) is 12.5 Å². The first-order valence-corrected chi connectivity index (χ1v) is 6.08. The zero-order chi connectivity index (χ0) is 13.7. The lowest BCUT2D eigenvalue weighted by atomic mass is 10.1. The number of pyridine rings is 1. The molecule has 1 unspecified atom stereocenters. The summed E-state index contributed by atoms with van der Waals surface area (Å²) in [6.45, 7) is 1.84. The molecule has 0 fully saturated rings. The van der Waals surface area contributed by atoms with Gasteiger partial charge in [-0.2, -0.15) is 0 Å². The molecule has 0 aliphatic rings. The van der Waals surface area contributed by atoms with Crippen molar-refractivity contribution in [2.75, 3.05) is 0 Å². The summed E-state index contributed by atoms with van der Waals surface area (Å²) in [5, 5.41) is 0. The van der Waals surface area contributed by atoms with Crippen LogP contribution in [0.2, 0.25) is 0 Å².